The van der Waals surface area contributed by atoms with Crippen LogP contribution in [0.3, 0.4) is 0 Å². The highest BCUT2D eigenvalue weighted by Crippen LogP contribution is 2.26. The molecular formula is C23H26N4O3S. The van der Waals surface area contributed by atoms with Gasteiger partial charge in [0.1, 0.15) is 16.2 Å². The van der Waals surface area contributed by atoms with E-state index in [0.717, 1.165) is 23.8 Å². The molecule has 0 saturated heterocycles. The molecule has 0 fully saturated rings. The molecule has 4 rings (SSSR count). The van der Waals surface area contributed by atoms with Gasteiger partial charge in [0.2, 0.25) is 0 Å². The molecule has 0 atom stereocenters. The maximum atomic E-state index is 12.9. The number of thioether (sulfide) groups is 1. The zero-order chi connectivity index (χ0) is 22.3. The van der Waals surface area contributed by atoms with Gasteiger partial charge < -0.3 is 0 Å². The first-order valence-electron chi connectivity index (χ1n) is 10.5. The van der Waals surface area contributed by atoms with Crippen LogP contribution in [0.5, 0.6) is 0 Å². The van der Waals surface area contributed by atoms with Gasteiger partial charge in [-0.3, -0.25) is 18.7 Å². The van der Waals surface area contributed by atoms with Crippen LogP contribution >= 0.6 is 11.8 Å². The van der Waals surface area contributed by atoms with E-state index in [-0.39, 0.29) is 17.5 Å². The Labute approximate surface area is 184 Å². The van der Waals surface area contributed by atoms with Crippen LogP contribution in [0, 0.1) is 12.8 Å². The number of benzene rings is 1. The summed E-state index contributed by atoms with van der Waals surface area (Å²) in [6, 6.07) is 5.93. The molecule has 0 N–H and O–H groups in total. The Hall–Kier alpha value is -2.74. The van der Waals surface area contributed by atoms with Gasteiger partial charge in [-0.15, -0.1) is 0 Å². The number of ketones is 1. The molecule has 0 spiro atoms. The second-order valence-electron chi connectivity index (χ2n) is 8.47. The van der Waals surface area contributed by atoms with Crippen molar-refractivity contribution in [2.75, 3.05) is 5.75 Å². The molecule has 0 aliphatic heterocycles. The van der Waals surface area contributed by atoms with E-state index in [1.807, 2.05) is 32.0 Å². The first-order chi connectivity index (χ1) is 14.8. The fraction of sp³-hybridized carbons (Fsp3) is 0.435. The number of hydrogen-bond donors (Lipinski definition) is 0. The van der Waals surface area contributed by atoms with Crippen molar-refractivity contribution in [3.8, 4) is 0 Å². The number of fused-ring (bicyclic) bond motifs is 2. The van der Waals surface area contributed by atoms with E-state index >= 15 is 0 Å². The molecule has 0 saturated carbocycles. The van der Waals surface area contributed by atoms with Crippen LogP contribution in [0.1, 0.15) is 47.6 Å². The van der Waals surface area contributed by atoms with Crippen LogP contribution in [0.2, 0.25) is 0 Å². The third-order valence-electron chi connectivity index (χ3n) is 5.57. The van der Waals surface area contributed by atoms with Crippen molar-refractivity contribution >= 4 is 28.6 Å². The summed E-state index contributed by atoms with van der Waals surface area (Å²) >= 11 is 1.23. The van der Waals surface area contributed by atoms with E-state index in [1.54, 1.807) is 6.92 Å². The molecule has 2 aromatic heterocycles. The van der Waals surface area contributed by atoms with E-state index in [2.05, 4.69) is 9.97 Å². The van der Waals surface area contributed by atoms with Crippen molar-refractivity contribution in [1.82, 2.24) is 19.1 Å². The summed E-state index contributed by atoms with van der Waals surface area (Å²) in [5.74, 6) is 0.823. The molecule has 2 heterocycles. The maximum Gasteiger partial charge on any atom is 0.332 e. The van der Waals surface area contributed by atoms with Crippen LogP contribution < -0.4 is 11.2 Å². The fourth-order valence-corrected chi connectivity index (χ4v) is 4.99. The number of rotatable bonds is 6. The van der Waals surface area contributed by atoms with Gasteiger partial charge in [-0.2, -0.15) is 0 Å². The molecule has 0 radical (unpaired) electrons. The maximum absolute atomic E-state index is 12.9. The summed E-state index contributed by atoms with van der Waals surface area (Å²) in [4.78, 5) is 47.4. The van der Waals surface area contributed by atoms with Crippen molar-refractivity contribution in [2.45, 2.75) is 51.6 Å². The SMILES string of the molecule is Cc1nc(SCC(=O)c2ccc3c(c2)CCC3)c2c(=O)n(C)c(=O)n(CC(C)C)c2n1. The van der Waals surface area contributed by atoms with Crippen molar-refractivity contribution in [3.05, 3.63) is 61.6 Å². The van der Waals surface area contributed by atoms with Gasteiger partial charge in [-0.05, 0) is 49.3 Å². The molecule has 8 heteroatoms. The summed E-state index contributed by atoms with van der Waals surface area (Å²) in [7, 11) is 1.46. The average Bonchev–Trinajstić information content (AvgIpc) is 3.20. The highest BCUT2D eigenvalue weighted by molar-refractivity contribution is 8.00. The number of carbonyl (C=O) groups excluding carboxylic acids is 1. The van der Waals surface area contributed by atoms with E-state index < -0.39 is 11.2 Å². The molecule has 162 valence electrons. The summed E-state index contributed by atoms with van der Waals surface area (Å²) in [5, 5.41) is 0.732. The van der Waals surface area contributed by atoms with Gasteiger partial charge in [-0.25, -0.2) is 14.8 Å². The number of aromatic nitrogens is 4. The van der Waals surface area contributed by atoms with Crippen molar-refractivity contribution in [3.63, 3.8) is 0 Å². The molecule has 7 nitrogen and oxygen atoms in total. The number of carbonyl (C=O) groups is 1. The Balaban J connectivity index is 1.72. The van der Waals surface area contributed by atoms with Gasteiger partial charge in [0.05, 0.1) is 5.75 Å². The number of aryl methyl sites for hydroxylation is 3. The Morgan fingerprint density at radius 3 is 2.65 bits per heavy atom. The standard InChI is InChI=1S/C23H26N4O3S/c1-13(2)11-27-20-19(22(29)26(4)23(27)30)21(25-14(3)24-20)31-12-18(28)17-9-8-15-6-5-7-16(15)10-17/h8-10,13H,5-7,11-12H2,1-4H3. The van der Waals surface area contributed by atoms with Crippen molar-refractivity contribution < 1.29 is 4.79 Å². The Kier molecular flexibility index (Phi) is 5.83. The van der Waals surface area contributed by atoms with Crippen LogP contribution in [0.4, 0.5) is 0 Å². The zero-order valence-electron chi connectivity index (χ0n) is 18.3. The smallest absolute Gasteiger partial charge is 0.293 e. The van der Waals surface area contributed by atoms with Gasteiger partial charge in [0.15, 0.2) is 11.4 Å². The molecule has 0 unspecified atom stereocenters. The molecule has 0 amide bonds. The molecule has 0 bridgehead atoms. The zero-order valence-corrected chi connectivity index (χ0v) is 19.1. The minimum absolute atomic E-state index is 0.00330. The lowest BCUT2D eigenvalue weighted by molar-refractivity contribution is 0.102. The molecule has 1 aliphatic carbocycles. The van der Waals surface area contributed by atoms with E-state index in [9.17, 15) is 14.4 Å². The first kappa shape index (κ1) is 21.5. The Morgan fingerprint density at radius 2 is 1.90 bits per heavy atom. The predicted molar refractivity (Wildman–Crippen MR) is 122 cm³/mol. The highest BCUT2D eigenvalue weighted by Gasteiger charge is 2.20. The minimum atomic E-state index is -0.438. The quantitative estimate of drug-likeness (QED) is 0.334. The Bertz CT molecular complexity index is 1310. The summed E-state index contributed by atoms with van der Waals surface area (Å²) in [5.41, 5.74) is 2.77. The van der Waals surface area contributed by atoms with Crippen LogP contribution in [-0.2, 0) is 26.4 Å². The van der Waals surface area contributed by atoms with Gasteiger partial charge in [0, 0.05) is 19.2 Å². The lowest BCUT2D eigenvalue weighted by Gasteiger charge is -2.15. The monoisotopic (exact) mass is 438 g/mol. The van der Waals surface area contributed by atoms with Crippen molar-refractivity contribution in [1.29, 1.82) is 0 Å². The minimum Gasteiger partial charge on any atom is -0.293 e. The largest absolute Gasteiger partial charge is 0.332 e. The lowest BCUT2D eigenvalue weighted by atomic mass is 10.0. The second kappa shape index (κ2) is 8.42. The molecule has 1 aliphatic rings. The number of Topliss-reactive ketones (excluding diaryl/α,β-unsaturated/α-hetero) is 1. The molecule has 31 heavy (non-hydrogen) atoms. The third kappa shape index (κ3) is 4.08. The third-order valence-corrected chi connectivity index (χ3v) is 6.54. The fourth-order valence-electron chi connectivity index (χ4n) is 4.04. The van der Waals surface area contributed by atoms with E-state index in [4.69, 9.17) is 0 Å². The van der Waals surface area contributed by atoms with Gasteiger partial charge >= 0.3 is 5.69 Å². The summed E-state index contributed by atoms with van der Waals surface area (Å²) in [6.45, 7) is 6.18. The normalized spacial score (nSPS) is 13.2. The molecule has 1 aromatic carbocycles. The highest BCUT2D eigenvalue weighted by atomic mass is 32.2. The topological polar surface area (TPSA) is 86.9 Å². The summed E-state index contributed by atoms with van der Waals surface area (Å²) < 4.78 is 2.62. The van der Waals surface area contributed by atoms with Crippen LogP contribution in [0.15, 0.2) is 32.8 Å². The van der Waals surface area contributed by atoms with Crippen molar-refractivity contribution in [2.24, 2.45) is 13.0 Å². The van der Waals surface area contributed by atoms with E-state index in [0.29, 0.717) is 34.0 Å². The van der Waals surface area contributed by atoms with Gasteiger partial charge in [0.25, 0.3) is 5.56 Å². The number of hydrogen-bond acceptors (Lipinski definition) is 6. The molecular weight excluding hydrogens is 412 g/mol. The van der Waals surface area contributed by atoms with E-state index in [1.165, 1.54) is 34.5 Å². The average molecular weight is 439 g/mol. The lowest BCUT2D eigenvalue weighted by Crippen LogP contribution is -2.39. The number of nitrogens with zero attached hydrogens (tertiary/aromatic N) is 4. The predicted octanol–water partition coefficient (Wildman–Crippen LogP) is 2.92. The van der Waals surface area contributed by atoms with Crippen LogP contribution in [-0.4, -0.2) is 30.6 Å². The molecule has 3 aromatic rings. The van der Waals surface area contributed by atoms with Crippen LogP contribution in [0.25, 0.3) is 11.0 Å². The van der Waals surface area contributed by atoms with Gasteiger partial charge in [-0.1, -0.05) is 37.7 Å². The summed E-state index contributed by atoms with van der Waals surface area (Å²) in [6.07, 6.45) is 3.23. The Morgan fingerprint density at radius 1 is 1.16 bits per heavy atom. The second-order valence-corrected chi connectivity index (χ2v) is 9.44. The first-order valence-corrected chi connectivity index (χ1v) is 11.5.